The number of imide groups is 1. The van der Waals surface area contributed by atoms with Gasteiger partial charge in [0, 0.05) is 38.5 Å². The molecular weight excluding hydrogens is 441 g/mol. The summed E-state index contributed by atoms with van der Waals surface area (Å²) in [4.78, 5) is 53.8. The van der Waals surface area contributed by atoms with Gasteiger partial charge in [0.05, 0.1) is 11.3 Å². The van der Waals surface area contributed by atoms with Crippen LogP contribution in [-0.2, 0) is 20.6 Å². The molecule has 0 radical (unpaired) electrons. The summed E-state index contributed by atoms with van der Waals surface area (Å²) in [5, 5.41) is 2.96. The molecule has 2 atom stereocenters. The van der Waals surface area contributed by atoms with Gasteiger partial charge in [-0.3, -0.25) is 14.4 Å². The fourth-order valence-corrected chi connectivity index (χ4v) is 4.77. The summed E-state index contributed by atoms with van der Waals surface area (Å²) in [5.41, 5.74) is -1.06. The molecule has 0 unspecified atom stereocenters. The third-order valence-electron chi connectivity index (χ3n) is 6.63. The van der Waals surface area contributed by atoms with Crippen LogP contribution in [0.15, 0.2) is 24.3 Å². The van der Waals surface area contributed by atoms with E-state index in [4.69, 9.17) is 0 Å². The summed E-state index contributed by atoms with van der Waals surface area (Å²) in [5.74, 6) is -0.965. The molecule has 0 saturated carbocycles. The molecule has 0 aromatic heterocycles. The molecule has 3 aliphatic rings. The summed E-state index contributed by atoms with van der Waals surface area (Å²) in [6.45, 7) is 2.76. The number of alkyl halides is 3. The number of amides is 5. The van der Waals surface area contributed by atoms with Crippen LogP contribution in [0.4, 0.5) is 23.7 Å². The van der Waals surface area contributed by atoms with Gasteiger partial charge in [0.1, 0.15) is 6.04 Å². The molecule has 3 fully saturated rings. The number of benzene rings is 1. The molecule has 0 aliphatic carbocycles. The Hall–Kier alpha value is -3.11. The first-order valence-electron chi connectivity index (χ1n) is 10.9. The van der Waals surface area contributed by atoms with Crippen molar-refractivity contribution in [3.63, 3.8) is 0 Å². The van der Waals surface area contributed by atoms with E-state index in [0.29, 0.717) is 32.4 Å². The van der Waals surface area contributed by atoms with Crippen LogP contribution >= 0.6 is 0 Å². The zero-order valence-corrected chi connectivity index (χ0v) is 18.1. The standard InChI is InChI=1S/C22H25F3N4O4/c1-13(30)27-8-5-14(6-9-27)19(31)26-16-7-10-28-18(12-16)20(32)29(21(28)33)17-4-2-3-15(11-17)22(23,24)25/h2-4,11,14,16,18H,5-10,12H2,1H3,(H,26,31)/t16-,18+/m1/s1. The van der Waals surface area contributed by atoms with Crippen molar-refractivity contribution in [2.24, 2.45) is 5.92 Å². The first-order valence-corrected chi connectivity index (χ1v) is 10.9. The van der Waals surface area contributed by atoms with Crippen LogP contribution in [-0.4, -0.2) is 65.3 Å². The molecule has 0 spiro atoms. The fraction of sp³-hybridized carbons (Fsp3) is 0.545. The lowest BCUT2D eigenvalue weighted by atomic mass is 9.93. The van der Waals surface area contributed by atoms with Gasteiger partial charge in [-0.1, -0.05) is 6.07 Å². The molecule has 178 valence electrons. The molecule has 4 rings (SSSR count). The van der Waals surface area contributed by atoms with Crippen molar-refractivity contribution in [2.45, 2.75) is 50.9 Å². The number of carbonyl (C=O) groups is 4. The number of hydrogen-bond donors (Lipinski definition) is 1. The number of likely N-dealkylation sites (tertiary alicyclic amines) is 1. The minimum absolute atomic E-state index is 0.0176. The second-order valence-corrected chi connectivity index (χ2v) is 8.72. The van der Waals surface area contributed by atoms with Gasteiger partial charge in [0.25, 0.3) is 5.91 Å². The highest BCUT2D eigenvalue weighted by Crippen LogP contribution is 2.35. The summed E-state index contributed by atoms with van der Waals surface area (Å²) < 4.78 is 39.2. The van der Waals surface area contributed by atoms with E-state index in [0.717, 1.165) is 23.1 Å². The zero-order valence-electron chi connectivity index (χ0n) is 18.1. The maximum atomic E-state index is 13.1. The van der Waals surface area contributed by atoms with Crippen molar-refractivity contribution < 1.29 is 32.3 Å². The van der Waals surface area contributed by atoms with E-state index in [2.05, 4.69) is 5.32 Å². The van der Waals surface area contributed by atoms with Crippen LogP contribution in [0.25, 0.3) is 0 Å². The lowest BCUT2D eigenvalue weighted by Crippen LogP contribution is -2.51. The minimum atomic E-state index is -4.59. The Morgan fingerprint density at radius 2 is 1.76 bits per heavy atom. The van der Waals surface area contributed by atoms with Gasteiger partial charge in [-0.15, -0.1) is 0 Å². The highest BCUT2D eigenvalue weighted by Gasteiger charge is 2.49. The van der Waals surface area contributed by atoms with E-state index in [1.807, 2.05) is 0 Å². The fourth-order valence-electron chi connectivity index (χ4n) is 4.77. The van der Waals surface area contributed by atoms with E-state index < -0.39 is 29.7 Å². The van der Waals surface area contributed by atoms with E-state index in [1.54, 1.807) is 4.90 Å². The number of carbonyl (C=O) groups excluding carboxylic acids is 4. The van der Waals surface area contributed by atoms with Crippen LogP contribution in [0.1, 0.15) is 38.2 Å². The smallest absolute Gasteiger partial charge is 0.353 e. The number of urea groups is 1. The van der Waals surface area contributed by atoms with Gasteiger partial charge in [0.2, 0.25) is 11.8 Å². The lowest BCUT2D eigenvalue weighted by molar-refractivity contribution is -0.137. The second kappa shape index (κ2) is 8.68. The Bertz CT molecular complexity index is 975. The number of fused-ring (bicyclic) bond motifs is 1. The van der Waals surface area contributed by atoms with Crippen LogP contribution < -0.4 is 10.2 Å². The van der Waals surface area contributed by atoms with Crippen molar-refractivity contribution in [1.82, 2.24) is 15.1 Å². The van der Waals surface area contributed by atoms with Crippen LogP contribution in [0.3, 0.4) is 0 Å². The minimum Gasteiger partial charge on any atom is -0.353 e. The van der Waals surface area contributed by atoms with E-state index >= 15 is 0 Å². The molecule has 8 nitrogen and oxygen atoms in total. The average Bonchev–Trinajstić information content (AvgIpc) is 3.03. The number of hydrogen-bond acceptors (Lipinski definition) is 4. The molecule has 1 N–H and O–H groups in total. The van der Waals surface area contributed by atoms with Gasteiger partial charge in [-0.2, -0.15) is 13.2 Å². The zero-order chi connectivity index (χ0) is 23.9. The van der Waals surface area contributed by atoms with Gasteiger partial charge in [0.15, 0.2) is 0 Å². The van der Waals surface area contributed by atoms with Crippen molar-refractivity contribution in [3.05, 3.63) is 29.8 Å². The first kappa shape index (κ1) is 23.1. The molecule has 33 heavy (non-hydrogen) atoms. The Balaban J connectivity index is 1.40. The quantitative estimate of drug-likeness (QED) is 0.693. The number of halogens is 3. The molecule has 11 heteroatoms. The maximum absolute atomic E-state index is 13.1. The molecule has 0 bridgehead atoms. The molecule has 1 aromatic rings. The average molecular weight is 466 g/mol. The summed E-state index contributed by atoms with van der Waals surface area (Å²) in [6.07, 6.45) is -2.81. The number of piperidine rings is 2. The summed E-state index contributed by atoms with van der Waals surface area (Å²) in [7, 11) is 0. The van der Waals surface area contributed by atoms with Crippen LogP contribution in [0.5, 0.6) is 0 Å². The third-order valence-corrected chi connectivity index (χ3v) is 6.63. The summed E-state index contributed by atoms with van der Waals surface area (Å²) >= 11 is 0. The normalized spacial score (nSPS) is 24.2. The molecule has 3 aliphatic heterocycles. The molecule has 1 aromatic carbocycles. The van der Waals surface area contributed by atoms with Crippen molar-refractivity contribution in [3.8, 4) is 0 Å². The van der Waals surface area contributed by atoms with Gasteiger partial charge in [-0.05, 0) is 43.9 Å². The molecular formula is C22H25F3N4O4. The van der Waals surface area contributed by atoms with Crippen molar-refractivity contribution in [1.29, 1.82) is 0 Å². The Labute approximate surface area is 188 Å². The highest BCUT2D eigenvalue weighted by atomic mass is 19.4. The molecule has 3 saturated heterocycles. The maximum Gasteiger partial charge on any atom is 0.416 e. The van der Waals surface area contributed by atoms with Gasteiger partial charge < -0.3 is 15.1 Å². The van der Waals surface area contributed by atoms with Gasteiger partial charge >= 0.3 is 12.2 Å². The Kier molecular flexibility index (Phi) is 6.06. The monoisotopic (exact) mass is 466 g/mol. The SMILES string of the molecule is CC(=O)N1CCC(C(=O)N[C@@H]2CCN3C(=O)N(c4cccc(C(F)(F)F)c4)C(=O)[C@@H]3C2)CC1. The summed E-state index contributed by atoms with van der Waals surface area (Å²) in [6, 6.07) is 2.35. The molecule has 5 amide bonds. The Morgan fingerprint density at radius 1 is 1.06 bits per heavy atom. The number of nitrogens with one attached hydrogen (secondary N) is 1. The van der Waals surface area contributed by atoms with Crippen molar-refractivity contribution >= 4 is 29.4 Å². The predicted octanol–water partition coefficient (Wildman–Crippen LogP) is 2.38. The molecule has 3 heterocycles. The number of anilines is 1. The van der Waals surface area contributed by atoms with Gasteiger partial charge in [-0.25, -0.2) is 9.69 Å². The van der Waals surface area contributed by atoms with E-state index in [-0.39, 0.29) is 42.4 Å². The van der Waals surface area contributed by atoms with Crippen LogP contribution in [0.2, 0.25) is 0 Å². The number of rotatable bonds is 3. The highest BCUT2D eigenvalue weighted by molar-refractivity contribution is 6.21. The lowest BCUT2D eigenvalue weighted by Gasteiger charge is -2.35. The second-order valence-electron chi connectivity index (χ2n) is 8.72. The van der Waals surface area contributed by atoms with Crippen molar-refractivity contribution in [2.75, 3.05) is 24.5 Å². The number of nitrogens with zero attached hydrogens (tertiary/aromatic N) is 3. The predicted molar refractivity (Wildman–Crippen MR) is 111 cm³/mol. The third kappa shape index (κ3) is 4.53. The topological polar surface area (TPSA) is 90.0 Å². The first-order chi connectivity index (χ1) is 15.6. The van der Waals surface area contributed by atoms with Crippen LogP contribution in [0, 0.1) is 5.92 Å². The largest absolute Gasteiger partial charge is 0.416 e. The van der Waals surface area contributed by atoms with E-state index in [1.165, 1.54) is 17.9 Å². The van der Waals surface area contributed by atoms with E-state index in [9.17, 15) is 32.3 Å². The Morgan fingerprint density at radius 3 is 2.39 bits per heavy atom.